The van der Waals surface area contributed by atoms with Crippen LogP contribution in [0.15, 0.2) is 42.5 Å². The Morgan fingerprint density at radius 1 is 1.10 bits per heavy atom. The van der Waals surface area contributed by atoms with Crippen LogP contribution in [0, 0.1) is 0 Å². The molecule has 1 unspecified atom stereocenters. The number of methoxy groups -OCH3 is 1. The molecule has 0 aromatic heterocycles. The molecule has 1 aliphatic heterocycles. The van der Waals surface area contributed by atoms with Crippen molar-refractivity contribution in [2.75, 3.05) is 20.3 Å². The van der Waals surface area contributed by atoms with E-state index in [-0.39, 0.29) is 4.83 Å². The van der Waals surface area contributed by atoms with Gasteiger partial charge in [-0.15, -0.1) is 0 Å². The van der Waals surface area contributed by atoms with Crippen LogP contribution in [-0.4, -0.2) is 20.3 Å². The summed E-state index contributed by atoms with van der Waals surface area (Å²) in [6.45, 7) is 1.22. The fraction of sp³-hybridized carbons (Fsp3) is 0.294. The van der Waals surface area contributed by atoms with Crippen molar-refractivity contribution in [3.63, 3.8) is 0 Å². The highest BCUT2D eigenvalue weighted by Crippen LogP contribution is 2.37. The lowest BCUT2D eigenvalue weighted by Gasteiger charge is -2.20. The smallest absolute Gasteiger partial charge is 0.161 e. The molecule has 0 amide bonds. The Morgan fingerprint density at radius 3 is 2.67 bits per heavy atom. The monoisotopic (exact) mass is 348 g/mol. The second kappa shape index (κ2) is 6.39. The normalized spacial score (nSPS) is 14.6. The van der Waals surface area contributed by atoms with Crippen molar-refractivity contribution in [1.82, 2.24) is 0 Å². The Kier molecular flexibility index (Phi) is 4.34. The van der Waals surface area contributed by atoms with Gasteiger partial charge in [0.25, 0.3) is 0 Å². The third-order valence-corrected chi connectivity index (χ3v) is 4.37. The molecule has 0 saturated heterocycles. The van der Waals surface area contributed by atoms with Gasteiger partial charge in [-0.25, -0.2) is 0 Å². The van der Waals surface area contributed by atoms with E-state index in [1.165, 1.54) is 11.1 Å². The van der Waals surface area contributed by atoms with Crippen LogP contribution in [0.3, 0.4) is 0 Å². The molecular formula is C17H17BrO3. The van der Waals surface area contributed by atoms with E-state index in [4.69, 9.17) is 14.2 Å². The summed E-state index contributed by atoms with van der Waals surface area (Å²) in [4.78, 5) is 0.199. The second-order valence-electron chi connectivity index (χ2n) is 4.89. The molecule has 21 heavy (non-hydrogen) atoms. The number of alkyl halides is 1. The molecule has 1 atom stereocenters. The van der Waals surface area contributed by atoms with Gasteiger partial charge in [-0.05, 0) is 35.7 Å². The summed E-state index contributed by atoms with van der Waals surface area (Å²) >= 11 is 3.76. The fourth-order valence-corrected chi connectivity index (χ4v) is 3.07. The van der Waals surface area contributed by atoms with Crippen LogP contribution in [-0.2, 0) is 6.42 Å². The molecular weight excluding hydrogens is 332 g/mol. The van der Waals surface area contributed by atoms with Crippen molar-refractivity contribution >= 4 is 15.9 Å². The number of halogens is 1. The average molecular weight is 349 g/mol. The van der Waals surface area contributed by atoms with Crippen molar-refractivity contribution in [2.45, 2.75) is 11.2 Å². The van der Waals surface area contributed by atoms with Crippen LogP contribution >= 0.6 is 15.9 Å². The first-order valence-electron chi connectivity index (χ1n) is 6.93. The molecule has 2 aromatic rings. The fourth-order valence-electron chi connectivity index (χ4n) is 2.44. The summed E-state index contributed by atoms with van der Waals surface area (Å²) in [5.74, 6) is 2.56. The number of para-hydroxylation sites is 1. The summed E-state index contributed by atoms with van der Waals surface area (Å²) in [5.41, 5.74) is 2.35. The predicted octanol–water partition coefficient (Wildman–Crippen LogP) is 4.15. The quantitative estimate of drug-likeness (QED) is 0.777. The number of hydrogen-bond acceptors (Lipinski definition) is 3. The van der Waals surface area contributed by atoms with Gasteiger partial charge >= 0.3 is 0 Å². The SMILES string of the molecule is COc1ccccc1CC(Br)c1ccc2c(c1)OCCO2. The van der Waals surface area contributed by atoms with Gasteiger partial charge in [0.2, 0.25) is 0 Å². The highest BCUT2D eigenvalue weighted by atomic mass is 79.9. The summed E-state index contributed by atoms with van der Waals surface area (Å²) in [6.07, 6.45) is 0.851. The number of hydrogen-bond donors (Lipinski definition) is 0. The zero-order chi connectivity index (χ0) is 14.7. The molecule has 0 aliphatic carbocycles. The van der Waals surface area contributed by atoms with E-state index in [0.717, 1.165) is 23.7 Å². The molecule has 0 bridgehead atoms. The van der Waals surface area contributed by atoms with E-state index in [0.29, 0.717) is 13.2 Å². The Labute approximate surface area is 133 Å². The molecule has 0 fully saturated rings. The number of rotatable bonds is 4. The van der Waals surface area contributed by atoms with Gasteiger partial charge in [-0.3, -0.25) is 0 Å². The molecule has 110 valence electrons. The summed E-state index contributed by atoms with van der Waals surface area (Å²) in [7, 11) is 1.70. The molecule has 4 heteroatoms. The van der Waals surface area contributed by atoms with E-state index >= 15 is 0 Å². The molecule has 1 aliphatic rings. The Morgan fingerprint density at radius 2 is 1.86 bits per heavy atom. The van der Waals surface area contributed by atoms with Gasteiger partial charge in [0, 0.05) is 4.83 Å². The van der Waals surface area contributed by atoms with Gasteiger partial charge in [-0.1, -0.05) is 40.2 Å². The summed E-state index contributed by atoms with van der Waals surface area (Å²) in [5, 5.41) is 0. The molecule has 2 aromatic carbocycles. The van der Waals surface area contributed by atoms with E-state index in [2.05, 4.69) is 28.1 Å². The molecule has 0 radical (unpaired) electrons. The van der Waals surface area contributed by atoms with E-state index in [1.54, 1.807) is 7.11 Å². The molecule has 3 nitrogen and oxygen atoms in total. The standard InChI is InChI=1S/C17H17BrO3/c1-19-15-5-3-2-4-13(15)10-14(18)12-6-7-16-17(11-12)21-9-8-20-16/h2-7,11,14H,8-10H2,1H3. The Balaban J connectivity index is 1.80. The first kappa shape index (κ1) is 14.3. The maximum absolute atomic E-state index is 5.64. The van der Waals surface area contributed by atoms with E-state index in [1.807, 2.05) is 30.3 Å². The Bertz CT molecular complexity index is 627. The predicted molar refractivity (Wildman–Crippen MR) is 85.8 cm³/mol. The van der Waals surface area contributed by atoms with Gasteiger partial charge in [0.05, 0.1) is 7.11 Å². The van der Waals surface area contributed by atoms with Crippen molar-refractivity contribution in [3.05, 3.63) is 53.6 Å². The topological polar surface area (TPSA) is 27.7 Å². The lowest BCUT2D eigenvalue weighted by atomic mass is 10.0. The van der Waals surface area contributed by atoms with Crippen molar-refractivity contribution in [1.29, 1.82) is 0 Å². The van der Waals surface area contributed by atoms with Gasteiger partial charge in [0.1, 0.15) is 19.0 Å². The van der Waals surface area contributed by atoms with Crippen LogP contribution in [0.5, 0.6) is 17.2 Å². The first-order valence-corrected chi connectivity index (χ1v) is 7.85. The lowest BCUT2D eigenvalue weighted by molar-refractivity contribution is 0.171. The molecule has 3 rings (SSSR count). The minimum absolute atomic E-state index is 0.199. The zero-order valence-corrected chi connectivity index (χ0v) is 13.4. The highest BCUT2D eigenvalue weighted by molar-refractivity contribution is 9.09. The molecule has 0 N–H and O–H groups in total. The number of ether oxygens (including phenoxy) is 3. The van der Waals surface area contributed by atoms with Crippen LogP contribution < -0.4 is 14.2 Å². The van der Waals surface area contributed by atoms with Gasteiger partial charge in [0.15, 0.2) is 11.5 Å². The van der Waals surface area contributed by atoms with Crippen LogP contribution in [0.4, 0.5) is 0 Å². The van der Waals surface area contributed by atoms with E-state index < -0.39 is 0 Å². The second-order valence-corrected chi connectivity index (χ2v) is 5.99. The van der Waals surface area contributed by atoms with Gasteiger partial charge < -0.3 is 14.2 Å². The van der Waals surface area contributed by atoms with Crippen molar-refractivity contribution in [2.24, 2.45) is 0 Å². The zero-order valence-electron chi connectivity index (χ0n) is 11.8. The maximum atomic E-state index is 5.64. The minimum Gasteiger partial charge on any atom is -0.496 e. The third-order valence-electron chi connectivity index (χ3n) is 3.52. The minimum atomic E-state index is 0.199. The van der Waals surface area contributed by atoms with Crippen LogP contribution in [0.1, 0.15) is 16.0 Å². The molecule has 0 spiro atoms. The Hall–Kier alpha value is -1.68. The van der Waals surface area contributed by atoms with Gasteiger partial charge in [-0.2, -0.15) is 0 Å². The maximum Gasteiger partial charge on any atom is 0.161 e. The van der Waals surface area contributed by atoms with Crippen molar-refractivity contribution in [3.8, 4) is 17.2 Å². The molecule has 0 saturated carbocycles. The summed E-state index contributed by atoms with van der Waals surface area (Å²) in [6, 6.07) is 14.2. The number of benzene rings is 2. The van der Waals surface area contributed by atoms with Crippen LogP contribution in [0.2, 0.25) is 0 Å². The highest BCUT2D eigenvalue weighted by Gasteiger charge is 2.16. The summed E-state index contributed by atoms with van der Waals surface area (Å²) < 4.78 is 16.6. The van der Waals surface area contributed by atoms with Crippen LogP contribution in [0.25, 0.3) is 0 Å². The lowest BCUT2D eigenvalue weighted by Crippen LogP contribution is -2.15. The third kappa shape index (κ3) is 3.16. The molecule has 1 heterocycles. The van der Waals surface area contributed by atoms with E-state index in [9.17, 15) is 0 Å². The first-order chi connectivity index (χ1) is 10.3. The number of fused-ring (bicyclic) bond motifs is 1. The van der Waals surface area contributed by atoms with Crippen molar-refractivity contribution < 1.29 is 14.2 Å². The average Bonchev–Trinajstić information content (AvgIpc) is 2.55. The largest absolute Gasteiger partial charge is 0.496 e.